The number of carbonyl (C=O) groups is 2. The zero-order valence-electron chi connectivity index (χ0n) is 12.4. The minimum absolute atomic E-state index is 0. The van der Waals surface area contributed by atoms with Crippen LogP contribution in [0.15, 0.2) is 42.7 Å². The average Bonchev–Trinajstić information content (AvgIpc) is 2.48. The Morgan fingerprint density at radius 3 is 2.48 bits per heavy atom. The van der Waals surface area contributed by atoms with E-state index in [2.05, 4.69) is 5.32 Å². The smallest absolute Gasteiger partial charge is 0.337 e. The van der Waals surface area contributed by atoms with E-state index in [1.165, 1.54) is 12.1 Å². The van der Waals surface area contributed by atoms with Crippen molar-refractivity contribution < 1.29 is 36.2 Å². The summed E-state index contributed by atoms with van der Waals surface area (Å²) in [5.74, 6) is -1.32. The molecule has 0 saturated carbocycles. The number of aryl methyl sites for hydroxylation is 2. The van der Waals surface area contributed by atoms with Crippen LogP contribution in [0.5, 0.6) is 0 Å². The van der Waals surface area contributed by atoms with Gasteiger partial charge in [0.05, 0.1) is 17.0 Å². The molecule has 0 atom stereocenters. The molecule has 0 fully saturated rings. The van der Waals surface area contributed by atoms with Crippen molar-refractivity contribution in [1.29, 1.82) is 0 Å². The molecule has 0 bridgehead atoms. The molecule has 0 radical (unpaired) electrons. The van der Waals surface area contributed by atoms with E-state index in [0.717, 1.165) is 5.56 Å². The van der Waals surface area contributed by atoms with Crippen molar-refractivity contribution in [3.05, 3.63) is 58.9 Å². The second-order valence-electron chi connectivity index (χ2n) is 4.91. The lowest BCUT2D eigenvalue weighted by molar-refractivity contribution is -0.695. The summed E-state index contributed by atoms with van der Waals surface area (Å²) < 4.78 is 1.91. The predicted octanol–water partition coefficient (Wildman–Crippen LogP) is -0.333. The number of nitrogens with zero attached hydrogens (tertiary/aromatic N) is 1. The molecule has 122 valence electrons. The van der Waals surface area contributed by atoms with Crippen molar-refractivity contribution in [1.82, 2.24) is 0 Å². The fourth-order valence-electron chi connectivity index (χ4n) is 1.90. The summed E-state index contributed by atoms with van der Waals surface area (Å²) in [5, 5.41) is 11.8. The molecule has 0 aliphatic heterocycles. The van der Waals surface area contributed by atoms with E-state index < -0.39 is 5.97 Å². The summed E-state index contributed by atoms with van der Waals surface area (Å²) >= 11 is 5.78. The van der Waals surface area contributed by atoms with E-state index >= 15 is 0 Å². The maximum absolute atomic E-state index is 11.9. The van der Waals surface area contributed by atoms with Crippen LogP contribution in [-0.2, 0) is 11.3 Å². The van der Waals surface area contributed by atoms with Crippen molar-refractivity contribution in [2.75, 3.05) is 5.32 Å². The number of amides is 1. The quantitative estimate of drug-likeness (QED) is 0.676. The standard InChI is InChI=1S/C16H15ClN2O3.BrH/c1-11-4-7-19(8-5-11)9-6-15(20)18-12-2-3-14(17)13(10-12)16(21)22;/h2-5,7-8,10H,6,9H2,1H3,(H-,18,20,21,22);1H. The molecule has 2 N–H and O–H groups in total. The molecule has 0 aliphatic rings. The monoisotopic (exact) mass is 398 g/mol. The number of anilines is 1. The maximum atomic E-state index is 11.9. The average molecular weight is 400 g/mol. The first-order valence-corrected chi connectivity index (χ1v) is 7.12. The van der Waals surface area contributed by atoms with Crippen LogP contribution >= 0.6 is 11.6 Å². The number of carbonyl (C=O) groups excluding carboxylic acids is 1. The largest absolute Gasteiger partial charge is 1.00 e. The van der Waals surface area contributed by atoms with Gasteiger partial charge in [0, 0.05) is 17.8 Å². The first kappa shape index (κ1) is 19.1. The summed E-state index contributed by atoms with van der Waals surface area (Å²) in [6.07, 6.45) is 4.11. The number of nitrogens with one attached hydrogen (secondary N) is 1. The number of hydrogen-bond acceptors (Lipinski definition) is 2. The summed E-state index contributed by atoms with van der Waals surface area (Å²) in [6.45, 7) is 2.54. The van der Waals surface area contributed by atoms with Gasteiger partial charge in [-0.15, -0.1) is 0 Å². The van der Waals surface area contributed by atoms with Gasteiger partial charge < -0.3 is 27.4 Å². The number of halogens is 2. The SMILES string of the molecule is Cc1cc[n+](CCC(=O)Nc2ccc(Cl)c(C(=O)O)c2)cc1.[Br-]. The number of benzene rings is 1. The summed E-state index contributed by atoms with van der Waals surface area (Å²) in [6, 6.07) is 8.31. The van der Waals surface area contributed by atoms with Crippen LogP contribution in [0.1, 0.15) is 22.3 Å². The molecular weight excluding hydrogens is 384 g/mol. The van der Waals surface area contributed by atoms with E-state index in [4.69, 9.17) is 16.7 Å². The number of aromatic nitrogens is 1. The zero-order chi connectivity index (χ0) is 16.1. The molecule has 2 rings (SSSR count). The Kier molecular flexibility index (Phi) is 7.19. The molecule has 0 aliphatic carbocycles. The lowest BCUT2D eigenvalue weighted by Crippen LogP contribution is -3.00. The number of carboxylic acid groups (broad SMARTS) is 1. The Morgan fingerprint density at radius 2 is 1.87 bits per heavy atom. The van der Waals surface area contributed by atoms with E-state index in [9.17, 15) is 9.59 Å². The Hall–Kier alpha value is -1.92. The van der Waals surface area contributed by atoms with E-state index in [0.29, 0.717) is 18.7 Å². The first-order chi connectivity index (χ1) is 10.5. The molecule has 2 aromatic rings. The van der Waals surface area contributed by atoms with Gasteiger partial charge in [0.1, 0.15) is 0 Å². The number of carboxylic acids is 1. The second-order valence-corrected chi connectivity index (χ2v) is 5.32. The third-order valence-electron chi connectivity index (χ3n) is 3.14. The third kappa shape index (κ3) is 5.65. The Labute approximate surface area is 149 Å². The minimum atomic E-state index is -1.13. The first-order valence-electron chi connectivity index (χ1n) is 6.74. The predicted molar refractivity (Wildman–Crippen MR) is 83.0 cm³/mol. The lowest BCUT2D eigenvalue weighted by atomic mass is 10.2. The van der Waals surface area contributed by atoms with Gasteiger partial charge in [-0.1, -0.05) is 11.6 Å². The third-order valence-corrected chi connectivity index (χ3v) is 3.46. The van der Waals surface area contributed by atoms with Crippen LogP contribution in [0.4, 0.5) is 5.69 Å². The highest BCUT2D eigenvalue weighted by Crippen LogP contribution is 2.20. The van der Waals surface area contributed by atoms with Gasteiger partial charge in [0.2, 0.25) is 5.91 Å². The Balaban J connectivity index is 0.00000264. The second kappa shape index (κ2) is 8.64. The van der Waals surface area contributed by atoms with Gasteiger partial charge in [-0.2, -0.15) is 0 Å². The molecule has 23 heavy (non-hydrogen) atoms. The van der Waals surface area contributed by atoms with Gasteiger partial charge in [0.15, 0.2) is 18.9 Å². The van der Waals surface area contributed by atoms with Crippen LogP contribution in [-0.4, -0.2) is 17.0 Å². The molecule has 0 unspecified atom stereocenters. The normalized spacial score (nSPS) is 9.83. The highest BCUT2D eigenvalue weighted by Gasteiger charge is 2.12. The molecule has 1 heterocycles. The number of aromatic carboxylic acids is 1. The van der Waals surface area contributed by atoms with E-state index in [-0.39, 0.29) is 33.5 Å². The topological polar surface area (TPSA) is 70.3 Å². The maximum Gasteiger partial charge on any atom is 0.337 e. The summed E-state index contributed by atoms with van der Waals surface area (Å²) in [4.78, 5) is 22.9. The van der Waals surface area contributed by atoms with Crippen LogP contribution in [0.25, 0.3) is 0 Å². The number of pyridine rings is 1. The summed E-state index contributed by atoms with van der Waals surface area (Å²) in [5.41, 5.74) is 1.54. The highest BCUT2D eigenvalue weighted by molar-refractivity contribution is 6.33. The van der Waals surface area contributed by atoms with Crippen molar-refractivity contribution >= 4 is 29.2 Å². The number of rotatable bonds is 5. The molecule has 5 nitrogen and oxygen atoms in total. The van der Waals surface area contributed by atoms with Crippen molar-refractivity contribution in [3.8, 4) is 0 Å². The molecular formula is C16H16BrClN2O3. The Morgan fingerprint density at radius 1 is 1.22 bits per heavy atom. The molecule has 1 aromatic heterocycles. The number of hydrogen-bond donors (Lipinski definition) is 2. The van der Waals surface area contributed by atoms with Crippen LogP contribution < -0.4 is 26.9 Å². The molecule has 0 saturated heterocycles. The fraction of sp³-hybridized carbons (Fsp3) is 0.188. The molecule has 1 amide bonds. The van der Waals surface area contributed by atoms with Gasteiger partial charge in [-0.05, 0) is 30.7 Å². The van der Waals surface area contributed by atoms with Crippen molar-refractivity contribution in [2.45, 2.75) is 19.9 Å². The van der Waals surface area contributed by atoms with Gasteiger partial charge in [-0.3, -0.25) is 4.79 Å². The fourth-order valence-corrected chi connectivity index (χ4v) is 2.10. The van der Waals surface area contributed by atoms with Crippen molar-refractivity contribution in [3.63, 3.8) is 0 Å². The molecule has 0 spiro atoms. The summed E-state index contributed by atoms with van der Waals surface area (Å²) in [7, 11) is 0. The molecule has 1 aromatic carbocycles. The van der Waals surface area contributed by atoms with Gasteiger partial charge >= 0.3 is 5.97 Å². The van der Waals surface area contributed by atoms with E-state index in [1.54, 1.807) is 6.07 Å². The van der Waals surface area contributed by atoms with Crippen LogP contribution in [0, 0.1) is 6.92 Å². The van der Waals surface area contributed by atoms with Gasteiger partial charge in [-0.25, -0.2) is 9.36 Å². The minimum Gasteiger partial charge on any atom is -1.00 e. The van der Waals surface area contributed by atoms with Crippen LogP contribution in [0.3, 0.4) is 0 Å². The van der Waals surface area contributed by atoms with E-state index in [1.807, 2.05) is 36.0 Å². The highest BCUT2D eigenvalue weighted by atomic mass is 79.9. The van der Waals surface area contributed by atoms with Crippen LogP contribution in [0.2, 0.25) is 5.02 Å². The van der Waals surface area contributed by atoms with Crippen molar-refractivity contribution in [2.24, 2.45) is 0 Å². The molecule has 7 heteroatoms. The van der Waals surface area contributed by atoms with Gasteiger partial charge in [0.25, 0.3) is 0 Å². The Bertz CT molecular complexity index is 705. The zero-order valence-corrected chi connectivity index (χ0v) is 14.8. The lowest BCUT2D eigenvalue weighted by Gasteiger charge is -2.06.